The molecule has 10 heteroatoms. The molecule has 5 atom stereocenters. The highest BCUT2D eigenvalue weighted by Gasteiger charge is 2.75. The van der Waals surface area contributed by atoms with Crippen LogP contribution in [0, 0.1) is 15.2 Å². The summed E-state index contributed by atoms with van der Waals surface area (Å²) in [5.41, 5.74) is 0.358. The third-order valence-corrected chi connectivity index (χ3v) is 6.97. The van der Waals surface area contributed by atoms with Crippen molar-refractivity contribution in [3.05, 3.63) is 10.2 Å². The highest BCUT2D eigenvalue weighted by Crippen LogP contribution is 2.67. The third kappa shape index (κ3) is 2.35. The van der Waals surface area contributed by atoms with Gasteiger partial charge in [0.15, 0.2) is 20.8 Å². The highest BCUT2D eigenvalue weighted by molar-refractivity contribution is 14.1. The molecular formula is C17H21IN6O3. The Morgan fingerprint density at radius 1 is 1.37 bits per heavy atom. The average molecular weight is 484 g/mol. The van der Waals surface area contributed by atoms with Crippen LogP contribution < -0.4 is 10.6 Å². The average Bonchev–Trinajstić information content (AvgIpc) is 3.15. The number of aromatic nitrogens is 4. The maximum atomic E-state index is 12.3. The molecule has 0 saturated heterocycles. The summed E-state index contributed by atoms with van der Waals surface area (Å²) < 4.78 is 2.39. The predicted octanol–water partition coefficient (Wildman–Crippen LogP) is 0.424. The standard InChI is InChI=1S/C17H21IN6O3/c1-19-15(27)17-5-8(17)10(11(25)12(17)26)24-6-20-9-13(21-7-3-2-4-7)22-16(18)23-14(9)24/h6-8,10-12,25-26H,2-5H2,1H3,(H,19,27)(H,21,22,23)/t8-,10-,11?,12?,17+/m1/s1. The largest absolute Gasteiger partial charge is 0.389 e. The van der Waals surface area contributed by atoms with Gasteiger partial charge >= 0.3 is 0 Å². The van der Waals surface area contributed by atoms with Crippen molar-refractivity contribution in [2.24, 2.45) is 11.3 Å². The SMILES string of the molecule is CNC(=O)[C@@]12C[C@@H]1[C@@H](n1cnc3c(NC4CCC4)nc(I)nc31)C(O)C2O. The molecule has 27 heavy (non-hydrogen) atoms. The molecule has 1 amide bonds. The normalized spacial score (nSPS) is 35.0. The number of amides is 1. The maximum Gasteiger partial charge on any atom is 0.229 e. The van der Waals surface area contributed by atoms with Crippen LogP contribution in [0.4, 0.5) is 5.82 Å². The zero-order valence-electron chi connectivity index (χ0n) is 14.8. The molecule has 0 radical (unpaired) electrons. The summed E-state index contributed by atoms with van der Waals surface area (Å²) in [6.45, 7) is 0. The Hall–Kier alpha value is -1.53. The predicted molar refractivity (Wildman–Crippen MR) is 105 cm³/mol. The number of carbonyl (C=O) groups is 1. The number of halogens is 1. The molecule has 3 fully saturated rings. The summed E-state index contributed by atoms with van der Waals surface area (Å²) in [7, 11) is 1.56. The number of aliphatic hydroxyl groups excluding tert-OH is 2. The Morgan fingerprint density at radius 2 is 2.15 bits per heavy atom. The van der Waals surface area contributed by atoms with Gasteiger partial charge in [0.25, 0.3) is 0 Å². The van der Waals surface area contributed by atoms with Crippen LogP contribution in [0.2, 0.25) is 0 Å². The van der Waals surface area contributed by atoms with E-state index in [9.17, 15) is 15.0 Å². The first-order valence-corrected chi connectivity index (χ1v) is 10.3. The molecule has 0 aliphatic heterocycles. The van der Waals surface area contributed by atoms with Crippen LogP contribution in [0.5, 0.6) is 0 Å². The van der Waals surface area contributed by atoms with E-state index >= 15 is 0 Å². The number of nitrogens with one attached hydrogen (secondary N) is 2. The van der Waals surface area contributed by atoms with Gasteiger partial charge in [-0.2, -0.15) is 0 Å². The first kappa shape index (κ1) is 17.6. The summed E-state index contributed by atoms with van der Waals surface area (Å²) in [6, 6.07) is -0.0307. The summed E-state index contributed by atoms with van der Waals surface area (Å²) in [6.07, 6.45) is 3.49. The van der Waals surface area contributed by atoms with E-state index in [2.05, 4.69) is 48.2 Å². The lowest BCUT2D eigenvalue weighted by molar-refractivity contribution is -0.132. The zero-order valence-corrected chi connectivity index (χ0v) is 16.9. The minimum absolute atomic E-state index is 0.143. The number of carbonyl (C=O) groups excluding carboxylic acids is 1. The monoisotopic (exact) mass is 484 g/mol. The van der Waals surface area contributed by atoms with Crippen molar-refractivity contribution in [1.82, 2.24) is 24.8 Å². The minimum atomic E-state index is -1.10. The van der Waals surface area contributed by atoms with E-state index in [1.54, 1.807) is 17.9 Å². The van der Waals surface area contributed by atoms with Crippen LogP contribution in [0.15, 0.2) is 6.33 Å². The third-order valence-electron chi connectivity index (χ3n) is 6.48. The van der Waals surface area contributed by atoms with E-state index in [0.717, 1.165) is 12.8 Å². The van der Waals surface area contributed by atoms with E-state index in [0.29, 0.717) is 33.3 Å². The lowest BCUT2D eigenvalue weighted by Gasteiger charge is -2.27. The van der Waals surface area contributed by atoms with Crippen molar-refractivity contribution in [3.63, 3.8) is 0 Å². The fourth-order valence-corrected chi connectivity index (χ4v) is 5.21. The molecule has 2 heterocycles. The van der Waals surface area contributed by atoms with Crippen molar-refractivity contribution >= 4 is 45.5 Å². The lowest BCUT2D eigenvalue weighted by atomic mass is 9.93. The molecule has 3 aliphatic carbocycles. The number of hydrogen-bond acceptors (Lipinski definition) is 7. The second kappa shape index (κ2) is 5.98. The fraction of sp³-hybridized carbons (Fsp3) is 0.647. The van der Waals surface area contributed by atoms with Gasteiger partial charge in [-0.1, -0.05) is 0 Å². The van der Waals surface area contributed by atoms with Crippen LogP contribution in [0.3, 0.4) is 0 Å². The van der Waals surface area contributed by atoms with Gasteiger partial charge in [0, 0.05) is 41.6 Å². The Balaban J connectivity index is 1.55. The number of rotatable bonds is 4. The molecule has 4 N–H and O–H groups in total. The van der Waals surface area contributed by atoms with Crippen molar-refractivity contribution < 1.29 is 15.0 Å². The number of nitrogens with zero attached hydrogens (tertiary/aromatic N) is 4. The summed E-state index contributed by atoms with van der Waals surface area (Å²) in [5.74, 6) is 0.340. The van der Waals surface area contributed by atoms with Crippen molar-refractivity contribution in [2.75, 3.05) is 12.4 Å². The molecule has 5 rings (SSSR count). The van der Waals surface area contributed by atoms with Gasteiger partial charge < -0.3 is 25.4 Å². The second-order valence-electron chi connectivity index (χ2n) is 7.79. The van der Waals surface area contributed by atoms with E-state index in [4.69, 9.17) is 0 Å². The van der Waals surface area contributed by atoms with Gasteiger partial charge in [0.1, 0.15) is 6.10 Å². The summed E-state index contributed by atoms with van der Waals surface area (Å²) in [5, 5.41) is 27.3. The van der Waals surface area contributed by atoms with Gasteiger partial charge in [-0.3, -0.25) is 4.79 Å². The lowest BCUT2D eigenvalue weighted by Crippen LogP contribution is -2.41. The van der Waals surface area contributed by atoms with E-state index < -0.39 is 23.7 Å². The van der Waals surface area contributed by atoms with Crippen LogP contribution in [-0.4, -0.2) is 60.9 Å². The Labute approximate surface area is 169 Å². The van der Waals surface area contributed by atoms with Crippen LogP contribution in [0.25, 0.3) is 11.2 Å². The molecule has 3 aliphatic rings. The fourth-order valence-electron chi connectivity index (χ4n) is 4.74. The highest BCUT2D eigenvalue weighted by atomic mass is 127. The van der Waals surface area contributed by atoms with Crippen LogP contribution >= 0.6 is 22.6 Å². The molecule has 0 bridgehead atoms. The number of imidazole rings is 1. The van der Waals surface area contributed by atoms with Gasteiger partial charge in [0.2, 0.25) is 5.91 Å². The molecule has 2 aromatic heterocycles. The Kier molecular flexibility index (Phi) is 3.89. The summed E-state index contributed by atoms with van der Waals surface area (Å²) in [4.78, 5) is 25.9. The Bertz CT molecular complexity index is 931. The molecule has 0 spiro atoms. The molecule has 2 aromatic rings. The topological polar surface area (TPSA) is 125 Å². The van der Waals surface area contributed by atoms with Crippen molar-refractivity contribution in [3.8, 4) is 0 Å². The first-order chi connectivity index (χ1) is 13.0. The van der Waals surface area contributed by atoms with Crippen LogP contribution in [0.1, 0.15) is 31.7 Å². The summed E-state index contributed by atoms with van der Waals surface area (Å²) >= 11 is 2.07. The number of hydrogen-bond donors (Lipinski definition) is 4. The van der Waals surface area contributed by atoms with Gasteiger partial charge in [-0.05, 0) is 25.7 Å². The van der Waals surface area contributed by atoms with E-state index in [1.807, 2.05) is 0 Å². The van der Waals surface area contributed by atoms with Crippen molar-refractivity contribution in [1.29, 1.82) is 0 Å². The van der Waals surface area contributed by atoms with E-state index in [1.165, 1.54) is 6.42 Å². The van der Waals surface area contributed by atoms with Crippen molar-refractivity contribution in [2.45, 2.75) is 50.0 Å². The van der Waals surface area contributed by atoms with Gasteiger partial charge in [-0.15, -0.1) is 0 Å². The smallest absolute Gasteiger partial charge is 0.229 e. The molecule has 144 valence electrons. The van der Waals surface area contributed by atoms with Crippen LogP contribution in [-0.2, 0) is 4.79 Å². The van der Waals surface area contributed by atoms with Gasteiger partial charge in [-0.25, -0.2) is 15.0 Å². The molecule has 9 nitrogen and oxygen atoms in total. The zero-order chi connectivity index (χ0) is 18.9. The number of fused-ring (bicyclic) bond motifs is 2. The first-order valence-electron chi connectivity index (χ1n) is 9.22. The molecule has 0 aromatic carbocycles. The minimum Gasteiger partial charge on any atom is -0.389 e. The maximum absolute atomic E-state index is 12.3. The number of aliphatic hydroxyl groups is 2. The molecule has 3 saturated carbocycles. The molecular weight excluding hydrogens is 463 g/mol. The van der Waals surface area contributed by atoms with E-state index in [-0.39, 0.29) is 11.8 Å². The van der Waals surface area contributed by atoms with Gasteiger partial charge in [0.05, 0.1) is 23.9 Å². The number of anilines is 1. The Morgan fingerprint density at radius 3 is 2.81 bits per heavy atom. The second-order valence-corrected chi connectivity index (χ2v) is 8.76. The quantitative estimate of drug-likeness (QED) is 0.366. The molecule has 2 unspecified atom stereocenters.